The molecule has 0 radical (unpaired) electrons. The minimum absolute atomic E-state index is 0. The van der Waals surface area contributed by atoms with Crippen molar-refractivity contribution in [1.82, 2.24) is 9.97 Å². The Labute approximate surface area is 177 Å². The summed E-state index contributed by atoms with van der Waals surface area (Å²) in [7, 11) is 0. The Kier molecular flexibility index (Phi) is 5.25. The maximum atomic E-state index is 13.1. The third-order valence-corrected chi connectivity index (χ3v) is 5.50. The van der Waals surface area contributed by atoms with Crippen molar-refractivity contribution in [2.45, 2.75) is 0 Å². The van der Waals surface area contributed by atoms with Crippen LogP contribution in [0, 0.1) is 0 Å². The Morgan fingerprint density at radius 3 is 2.28 bits per heavy atom. The Bertz CT molecular complexity index is 1280. The monoisotopic (exact) mass is 417 g/mol. The van der Waals surface area contributed by atoms with Crippen molar-refractivity contribution in [2.75, 3.05) is 5.32 Å². The molecule has 1 N–H and O–H groups in total. The number of carbonyl (C=O) groups excluding carboxylic acids is 1. The Morgan fingerprint density at radius 1 is 0.793 bits per heavy atom. The fraction of sp³-hybridized carbons (Fsp3) is 0. The van der Waals surface area contributed by atoms with Crippen LogP contribution < -0.4 is 5.32 Å². The van der Waals surface area contributed by atoms with Crippen LogP contribution in [0.5, 0.6) is 0 Å². The zero-order valence-corrected chi connectivity index (χ0v) is 16.8. The van der Waals surface area contributed by atoms with Crippen molar-refractivity contribution in [1.29, 1.82) is 0 Å². The summed E-state index contributed by atoms with van der Waals surface area (Å²) in [5, 5.41) is 4.37. The van der Waals surface area contributed by atoms with Crippen molar-refractivity contribution < 1.29 is 4.79 Å². The molecule has 2 aromatic heterocycles. The van der Waals surface area contributed by atoms with Crippen LogP contribution in [0.3, 0.4) is 0 Å². The summed E-state index contributed by atoms with van der Waals surface area (Å²) >= 11 is 1.47. The van der Waals surface area contributed by atoms with Gasteiger partial charge in [-0.05, 0) is 24.3 Å². The maximum Gasteiger partial charge on any atom is 0.258 e. The highest BCUT2D eigenvalue weighted by Gasteiger charge is 2.15. The van der Waals surface area contributed by atoms with E-state index in [0.29, 0.717) is 10.7 Å². The quantitative estimate of drug-likeness (QED) is 0.381. The van der Waals surface area contributed by atoms with E-state index in [0.717, 1.165) is 32.4 Å². The highest BCUT2D eigenvalue weighted by Crippen LogP contribution is 2.28. The van der Waals surface area contributed by atoms with Gasteiger partial charge in [0.15, 0.2) is 5.13 Å². The van der Waals surface area contributed by atoms with Crippen molar-refractivity contribution in [3.05, 3.63) is 90.5 Å². The molecule has 0 unspecified atom stereocenters. The van der Waals surface area contributed by atoms with E-state index < -0.39 is 0 Å². The largest absolute Gasteiger partial charge is 0.298 e. The van der Waals surface area contributed by atoms with Crippen molar-refractivity contribution in [3.8, 4) is 11.3 Å². The lowest BCUT2D eigenvalue weighted by Crippen LogP contribution is -2.13. The second kappa shape index (κ2) is 7.99. The number of hydrogen-bond acceptors (Lipinski definition) is 4. The number of nitrogens with one attached hydrogen (secondary N) is 1. The van der Waals surface area contributed by atoms with Gasteiger partial charge in [-0.2, -0.15) is 0 Å². The lowest BCUT2D eigenvalue weighted by Gasteiger charge is -2.09. The lowest BCUT2D eigenvalue weighted by atomic mass is 10.0. The molecule has 5 rings (SSSR count). The fourth-order valence-corrected chi connectivity index (χ4v) is 4.07. The molecule has 0 saturated carbocycles. The van der Waals surface area contributed by atoms with Crippen LogP contribution >= 0.6 is 23.7 Å². The molecule has 0 atom stereocenters. The van der Waals surface area contributed by atoms with Crippen LogP contribution in [-0.4, -0.2) is 15.9 Å². The number of amides is 1. The molecule has 6 heteroatoms. The number of benzene rings is 3. The van der Waals surface area contributed by atoms with Gasteiger partial charge >= 0.3 is 0 Å². The number of para-hydroxylation sites is 2. The second-order valence-electron chi connectivity index (χ2n) is 6.38. The molecule has 29 heavy (non-hydrogen) atoms. The van der Waals surface area contributed by atoms with Gasteiger partial charge in [-0.3, -0.25) is 10.1 Å². The maximum absolute atomic E-state index is 13.1. The van der Waals surface area contributed by atoms with Crippen molar-refractivity contribution in [2.24, 2.45) is 0 Å². The van der Waals surface area contributed by atoms with E-state index in [1.54, 1.807) is 0 Å². The van der Waals surface area contributed by atoms with E-state index in [1.165, 1.54) is 11.3 Å². The van der Waals surface area contributed by atoms with Crippen LogP contribution in [-0.2, 0) is 0 Å². The van der Waals surface area contributed by atoms with Gasteiger partial charge in [0.1, 0.15) is 0 Å². The molecule has 0 fully saturated rings. The van der Waals surface area contributed by atoms with Crippen LogP contribution in [0.1, 0.15) is 10.4 Å². The zero-order chi connectivity index (χ0) is 18.9. The average Bonchev–Trinajstić information content (AvgIpc) is 3.15. The Morgan fingerprint density at radius 2 is 1.48 bits per heavy atom. The first kappa shape index (κ1) is 19.1. The molecule has 1 amide bonds. The van der Waals surface area contributed by atoms with Gasteiger partial charge in [0, 0.05) is 10.9 Å². The molecule has 0 aliphatic carbocycles. The molecular weight excluding hydrogens is 402 g/mol. The van der Waals surface area contributed by atoms with Crippen LogP contribution in [0.2, 0.25) is 0 Å². The van der Waals surface area contributed by atoms with Gasteiger partial charge < -0.3 is 0 Å². The first-order chi connectivity index (χ1) is 13.8. The van der Waals surface area contributed by atoms with Crippen molar-refractivity contribution in [3.63, 3.8) is 0 Å². The van der Waals surface area contributed by atoms with E-state index >= 15 is 0 Å². The van der Waals surface area contributed by atoms with Crippen LogP contribution in [0.15, 0.2) is 84.9 Å². The average molecular weight is 418 g/mol. The molecule has 0 aliphatic rings. The number of thiazole rings is 1. The molecule has 0 saturated heterocycles. The summed E-state index contributed by atoms with van der Waals surface area (Å²) in [4.78, 5) is 22.4. The van der Waals surface area contributed by atoms with E-state index in [9.17, 15) is 4.79 Å². The standard InChI is InChI=1S/C23H15N3OS.ClH/c27-22(26-23-25-19-12-6-7-13-21(19)28-23)17-14-20(15-8-2-1-3-9-15)24-18-11-5-4-10-16(17)18;/h1-14H,(H,25,26,27);1H. The number of nitrogens with zero attached hydrogens (tertiary/aromatic N) is 2. The number of pyridine rings is 1. The molecule has 2 heterocycles. The van der Waals surface area contributed by atoms with Gasteiger partial charge in [-0.1, -0.05) is 72.0 Å². The minimum Gasteiger partial charge on any atom is -0.298 e. The summed E-state index contributed by atoms with van der Waals surface area (Å²) in [6.07, 6.45) is 0. The Balaban J connectivity index is 0.00000205. The number of aromatic nitrogens is 2. The predicted octanol–water partition coefficient (Wildman–Crippen LogP) is 6.19. The molecular formula is C23H16ClN3OS. The van der Waals surface area contributed by atoms with E-state index in [4.69, 9.17) is 4.98 Å². The van der Waals surface area contributed by atoms with E-state index in [-0.39, 0.29) is 18.3 Å². The molecule has 0 spiro atoms. The van der Waals surface area contributed by atoms with E-state index in [2.05, 4.69) is 10.3 Å². The van der Waals surface area contributed by atoms with Crippen LogP contribution in [0.25, 0.3) is 32.4 Å². The smallest absolute Gasteiger partial charge is 0.258 e. The summed E-state index contributed by atoms with van der Waals surface area (Å²) in [5.41, 5.74) is 4.01. The second-order valence-corrected chi connectivity index (χ2v) is 7.41. The number of anilines is 1. The number of carbonyl (C=O) groups is 1. The molecule has 0 aliphatic heterocycles. The van der Waals surface area contributed by atoms with Crippen LogP contribution in [0.4, 0.5) is 5.13 Å². The Hall–Kier alpha value is -3.28. The molecule has 3 aromatic carbocycles. The first-order valence-corrected chi connectivity index (χ1v) is 9.72. The number of rotatable bonds is 3. The van der Waals surface area contributed by atoms with Gasteiger partial charge in [0.05, 0.1) is 27.0 Å². The summed E-state index contributed by atoms with van der Waals surface area (Å²) in [6.45, 7) is 0. The highest BCUT2D eigenvalue weighted by molar-refractivity contribution is 7.22. The fourth-order valence-electron chi connectivity index (χ4n) is 3.21. The first-order valence-electron chi connectivity index (χ1n) is 8.90. The van der Waals surface area contributed by atoms with E-state index in [1.807, 2.05) is 84.9 Å². The molecule has 0 bridgehead atoms. The lowest BCUT2D eigenvalue weighted by molar-refractivity contribution is 0.102. The normalized spacial score (nSPS) is 10.6. The van der Waals surface area contributed by atoms with Crippen molar-refractivity contribution >= 4 is 55.9 Å². The molecule has 4 nitrogen and oxygen atoms in total. The topological polar surface area (TPSA) is 54.9 Å². The summed E-state index contributed by atoms with van der Waals surface area (Å²) in [5.74, 6) is -0.185. The predicted molar refractivity (Wildman–Crippen MR) is 122 cm³/mol. The summed E-state index contributed by atoms with van der Waals surface area (Å²) in [6, 6.07) is 27.3. The third kappa shape index (κ3) is 3.70. The van der Waals surface area contributed by atoms with Gasteiger partial charge in [0.25, 0.3) is 5.91 Å². The third-order valence-electron chi connectivity index (χ3n) is 4.54. The highest BCUT2D eigenvalue weighted by atomic mass is 35.5. The summed E-state index contributed by atoms with van der Waals surface area (Å²) < 4.78 is 1.04. The zero-order valence-electron chi connectivity index (χ0n) is 15.2. The number of fused-ring (bicyclic) bond motifs is 2. The molecule has 142 valence electrons. The van der Waals surface area contributed by atoms with Gasteiger partial charge in [-0.15, -0.1) is 12.4 Å². The molecule has 5 aromatic rings. The van der Waals surface area contributed by atoms with Gasteiger partial charge in [0.2, 0.25) is 0 Å². The minimum atomic E-state index is -0.185. The number of hydrogen-bond donors (Lipinski definition) is 1. The SMILES string of the molecule is Cl.O=C(Nc1nc2ccccc2s1)c1cc(-c2ccccc2)nc2ccccc12. The van der Waals surface area contributed by atoms with Gasteiger partial charge in [-0.25, -0.2) is 9.97 Å². The number of halogens is 1.